The lowest BCUT2D eigenvalue weighted by Crippen LogP contribution is -2.11. The van der Waals surface area contributed by atoms with E-state index in [2.05, 4.69) is 40.6 Å². The lowest BCUT2D eigenvalue weighted by molar-refractivity contribution is 0.311. The molecular weight excluding hydrogens is 416 g/mol. The summed E-state index contributed by atoms with van der Waals surface area (Å²) in [6, 6.07) is 30.5. The molecule has 32 heavy (non-hydrogen) atoms. The third-order valence-electron chi connectivity index (χ3n) is 4.88. The molecule has 0 aliphatic carbocycles. The standard InChI is InChI=1S/C26H22N4OS/c27-17-23-24(22-13-11-21(12-14-22)20-9-5-2-6-10-20)29-26(30-25(23)28-15-16-31)32-18-19-7-3-1-4-8-19/h1-14,31H,15-16,18H2,(H,28,29,30). The van der Waals surface area contributed by atoms with Gasteiger partial charge in [-0.15, -0.1) is 0 Å². The van der Waals surface area contributed by atoms with E-state index in [-0.39, 0.29) is 6.61 Å². The minimum absolute atomic E-state index is 0.0531. The van der Waals surface area contributed by atoms with Crippen LogP contribution in [-0.4, -0.2) is 28.2 Å². The molecule has 0 saturated carbocycles. The van der Waals surface area contributed by atoms with E-state index in [1.807, 2.05) is 60.7 Å². The summed E-state index contributed by atoms with van der Waals surface area (Å²) in [5, 5.41) is 22.7. The van der Waals surface area contributed by atoms with E-state index in [0.29, 0.717) is 28.8 Å². The van der Waals surface area contributed by atoms with Crippen molar-refractivity contribution in [3.63, 3.8) is 0 Å². The SMILES string of the molecule is N#Cc1c(NCCO)nc(SCc2ccccc2)nc1-c1ccc(-c2ccccc2)cc1. The highest BCUT2D eigenvalue weighted by Gasteiger charge is 2.16. The van der Waals surface area contributed by atoms with Crippen LogP contribution >= 0.6 is 11.8 Å². The molecule has 0 aliphatic rings. The van der Waals surface area contributed by atoms with E-state index in [1.54, 1.807) is 0 Å². The van der Waals surface area contributed by atoms with Crippen LogP contribution in [0.4, 0.5) is 5.82 Å². The van der Waals surface area contributed by atoms with Gasteiger partial charge in [0.2, 0.25) is 0 Å². The molecule has 0 fully saturated rings. The van der Waals surface area contributed by atoms with Gasteiger partial charge in [-0.2, -0.15) is 5.26 Å². The molecule has 3 aromatic carbocycles. The number of nitriles is 1. The summed E-state index contributed by atoms with van der Waals surface area (Å²) in [7, 11) is 0. The number of rotatable bonds is 8. The van der Waals surface area contributed by atoms with Crippen LogP contribution in [0.5, 0.6) is 0 Å². The van der Waals surface area contributed by atoms with Crippen molar-refractivity contribution >= 4 is 17.6 Å². The quantitative estimate of drug-likeness (QED) is 0.284. The summed E-state index contributed by atoms with van der Waals surface area (Å²) in [6.45, 7) is 0.253. The number of benzene rings is 3. The zero-order valence-corrected chi connectivity index (χ0v) is 18.2. The normalized spacial score (nSPS) is 10.5. The molecule has 2 N–H and O–H groups in total. The zero-order chi connectivity index (χ0) is 22.2. The Balaban J connectivity index is 1.69. The van der Waals surface area contributed by atoms with Crippen molar-refractivity contribution in [2.75, 3.05) is 18.5 Å². The van der Waals surface area contributed by atoms with Gasteiger partial charge in [0.25, 0.3) is 0 Å². The smallest absolute Gasteiger partial charge is 0.190 e. The van der Waals surface area contributed by atoms with E-state index in [9.17, 15) is 10.4 Å². The van der Waals surface area contributed by atoms with Crippen molar-refractivity contribution in [3.8, 4) is 28.5 Å². The Kier molecular flexibility index (Phi) is 7.13. The number of hydrogen-bond donors (Lipinski definition) is 2. The molecule has 6 heteroatoms. The summed E-state index contributed by atoms with van der Waals surface area (Å²) >= 11 is 1.52. The number of anilines is 1. The number of nitrogens with one attached hydrogen (secondary N) is 1. The Morgan fingerprint density at radius 3 is 2.09 bits per heavy atom. The van der Waals surface area contributed by atoms with Gasteiger partial charge in [0, 0.05) is 17.9 Å². The monoisotopic (exact) mass is 438 g/mol. The van der Waals surface area contributed by atoms with Gasteiger partial charge in [0.05, 0.1) is 12.3 Å². The minimum atomic E-state index is -0.0531. The molecule has 5 nitrogen and oxygen atoms in total. The van der Waals surface area contributed by atoms with Gasteiger partial charge in [0.1, 0.15) is 17.5 Å². The molecule has 158 valence electrons. The average Bonchev–Trinajstić information content (AvgIpc) is 2.87. The number of aliphatic hydroxyl groups excluding tert-OH is 1. The largest absolute Gasteiger partial charge is 0.395 e. The maximum Gasteiger partial charge on any atom is 0.190 e. The molecule has 0 unspecified atom stereocenters. The van der Waals surface area contributed by atoms with Gasteiger partial charge in [-0.3, -0.25) is 0 Å². The Bertz CT molecular complexity index is 1210. The first-order valence-electron chi connectivity index (χ1n) is 10.3. The predicted molar refractivity (Wildman–Crippen MR) is 129 cm³/mol. The lowest BCUT2D eigenvalue weighted by Gasteiger charge is -2.13. The molecule has 0 spiro atoms. The highest BCUT2D eigenvalue weighted by atomic mass is 32.2. The first-order chi connectivity index (χ1) is 15.8. The minimum Gasteiger partial charge on any atom is -0.395 e. The number of hydrogen-bond acceptors (Lipinski definition) is 6. The fourth-order valence-electron chi connectivity index (χ4n) is 3.30. The van der Waals surface area contributed by atoms with Gasteiger partial charge in [0.15, 0.2) is 5.16 Å². The molecule has 0 atom stereocenters. The first-order valence-corrected chi connectivity index (χ1v) is 11.3. The van der Waals surface area contributed by atoms with Crippen molar-refractivity contribution in [2.45, 2.75) is 10.9 Å². The van der Waals surface area contributed by atoms with E-state index in [0.717, 1.165) is 22.4 Å². The lowest BCUT2D eigenvalue weighted by atomic mass is 10.0. The first kappa shape index (κ1) is 21.6. The second-order valence-electron chi connectivity index (χ2n) is 7.06. The summed E-state index contributed by atoms with van der Waals surface area (Å²) in [6.07, 6.45) is 0. The summed E-state index contributed by atoms with van der Waals surface area (Å²) in [4.78, 5) is 9.28. The molecule has 0 saturated heterocycles. The van der Waals surface area contributed by atoms with Crippen molar-refractivity contribution < 1.29 is 5.11 Å². The summed E-state index contributed by atoms with van der Waals surface area (Å²) in [5.41, 5.74) is 5.19. The van der Waals surface area contributed by atoms with Crippen molar-refractivity contribution in [1.82, 2.24) is 9.97 Å². The van der Waals surface area contributed by atoms with Gasteiger partial charge in [-0.25, -0.2) is 9.97 Å². The molecule has 4 aromatic rings. The molecule has 0 amide bonds. The van der Waals surface area contributed by atoms with Crippen molar-refractivity contribution in [3.05, 3.63) is 96.1 Å². The fraction of sp³-hybridized carbons (Fsp3) is 0.115. The Hall–Kier alpha value is -3.66. The number of aromatic nitrogens is 2. The number of aliphatic hydroxyl groups is 1. The maximum atomic E-state index is 9.85. The Morgan fingerprint density at radius 2 is 1.44 bits per heavy atom. The van der Waals surface area contributed by atoms with Crippen LogP contribution in [0.1, 0.15) is 11.1 Å². The van der Waals surface area contributed by atoms with E-state index >= 15 is 0 Å². The van der Waals surface area contributed by atoms with Crippen LogP contribution in [-0.2, 0) is 5.75 Å². The van der Waals surface area contributed by atoms with E-state index in [1.165, 1.54) is 17.3 Å². The topological polar surface area (TPSA) is 81.8 Å². The number of nitrogens with zero attached hydrogens (tertiary/aromatic N) is 3. The van der Waals surface area contributed by atoms with Crippen LogP contribution in [0.2, 0.25) is 0 Å². The fourth-order valence-corrected chi connectivity index (χ4v) is 4.09. The highest BCUT2D eigenvalue weighted by molar-refractivity contribution is 7.98. The van der Waals surface area contributed by atoms with Crippen molar-refractivity contribution in [2.24, 2.45) is 0 Å². The average molecular weight is 439 g/mol. The predicted octanol–water partition coefficient (Wildman–Crippen LogP) is 5.38. The van der Waals surface area contributed by atoms with Crippen LogP contribution < -0.4 is 5.32 Å². The van der Waals surface area contributed by atoms with Crippen molar-refractivity contribution in [1.29, 1.82) is 5.26 Å². The molecular formula is C26H22N4OS. The van der Waals surface area contributed by atoms with Crippen LogP contribution in [0.15, 0.2) is 90.1 Å². The Labute approximate surface area is 191 Å². The molecule has 4 rings (SSSR count). The van der Waals surface area contributed by atoms with Gasteiger partial charge < -0.3 is 10.4 Å². The second-order valence-corrected chi connectivity index (χ2v) is 8.00. The van der Waals surface area contributed by atoms with Crippen LogP contribution in [0, 0.1) is 11.3 Å². The Morgan fingerprint density at radius 1 is 0.812 bits per heavy atom. The molecule has 0 radical (unpaired) electrons. The van der Waals surface area contributed by atoms with Gasteiger partial charge >= 0.3 is 0 Å². The molecule has 0 aliphatic heterocycles. The van der Waals surface area contributed by atoms with Gasteiger partial charge in [-0.1, -0.05) is 96.7 Å². The molecule has 1 aromatic heterocycles. The molecule has 0 bridgehead atoms. The maximum absolute atomic E-state index is 9.85. The number of thioether (sulfide) groups is 1. The molecule has 1 heterocycles. The van der Waals surface area contributed by atoms with E-state index in [4.69, 9.17) is 4.98 Å². The third kappa shape index (κ3) is 5.14. The second kappa shape index (κ2) is 10.6. The van der Waals surface area contributed by atoms with Crippen LogP contribution in [0.3, 0.4) is 0 Å². The summed E-state index contributed by atoms with van der Waals surface area (Å²) < 4.78 is 0. The van der Waals surface area contributed by atoms with E-state index < -0.39 is 0 Å². The third-order valence-corrected chi connectivity index (χ3v) is 5.80. The highest BCUT2D eigenvalue weighted by Crippen LogP contribution is 2.31. The van der Waals surface area contributed by atoms with Crippen LogP contribution in [0.25, 0.3) is 22.4 Å². The van der Waals surface area contributed by atoms with Gasteiger partial charge in [-0.05, 0) is 16.7 Å². The zero-order valence-electron chi connectivity index (χ0n) is 17.4. The summed E-state index contributed by atoms with van der Waals surface area (Å²) in [5.74, 6) is 1.16.